The first-order chi connectivity index (χ1) is 10.7. The van der Waals surface area contributed by atoms with Crippen LogP contribution in [0, 0.1) is 5.92 Å². The van der Waals surface area contributed by atoms with Gasteiger partial charge in [-0.3, -0.25) is 9.59 Å². The van der Waals surface area contributed by atoms with E-state index in [9.17, 15) is 14.7 Å². The van der Waals surface area contributed by atoms with Crippen LogP contribution in [0.2, 0.25) is 0 Å². The van der Waals surface area contributed by atoms with Gasteiger partial charge in [-0.1, -0.05) is 52.3 Å². The van der Waals surface area contributed by atoms with Crippen molar-refractivity contribution in [3.05, 3.63) is 29.8 Å². The first kappa shape index (κ1) is 19.2. The molecule has 1 aromatic carbocycles. The molecule has 0 aliphatic rings. The molecule has 0 aliphatic heterocycles. The van der Waals surface area contributed by atoms with Crippen LogP contribution in [0.5, 0.6) is 0 Å². The molecule has 23 heavy (non-hydrogen) atoms. The van der Waals surface area contributed by atoms with E-state index < -0.39 is 17.4 Å². The summed E-state index contributed by atoms with van der Waals surface area (Å²) in [6.45, 7) is 9.62. The second-order valence-corrected chi connectivity index (χ2v) is 6.55. The predicted octanol–water partition coefficient (Wildman–Crippen LogP) is 2.66. The minimum Gasteiger partial charge on any atom is -0.388 e. The van der Waals surface area contributed by atoms with Crippen molar-refractivity contribution in [2.45, 2.75) is 52.6 Å². The van der Waals surface area contributed by atoms with E-state index in [0.717, 1.165) is 12.0 Å². The van der Waals surface area contributed by atoms with Crippen LogP contribution < -0.4 is 10.6 Å². The van der Waals surface area contributed by atoms with Crippen LogP contribution in [-0.4, -0.2) is 29.1 Å². The molecule has 0 bridgehead atoms. The number of para-hydroxylation sites is 1. The fourth-order valence-electron chi connectivity index (χ4n) is 2.25. The van der Waals surface area contributed by atoms with Gasteiger partial charge in [-0.05, 0) is 30.4 Å². The molecule has 2 unspecified atom stereocenters. The summed E-state index contributed by atoms with van der Waals surface area (Å²) in [6.07, 6.45) is 0.789. The van der Waals surface area contributed by atoms with E-state index in [0.29, 0.717) is 5.69 Å². The van der Waals surface area contributed by atoms with Crippen molar-refractivity contribution in [2.75, 3.05) is 11.9 Å². The average molecular weight is 320 g/mol. The molecule has 0 spiro atoms. The molecule has 0 saturated carbocycles. The first-order valence-electron chi connectivity index (χ1n) is 8.09. The molecular formula is C18H28N2O3. The van der Waals surface area contributed by atoms with Gasteiger partial charge in [-0.2, -0.15) is 0 Å². The smallest absolute Gasteiger partial charge is 0.313 e. The van der Waals surface area contributed by atoms with Gasteiger partial charge in [0, 0.05) is 12.2 Å². The predicted molar refractivity (Wildman–Crippen MR) is 92.2 cm³/mol. The second kappa shape index (κ2) is 8.11. The van der Waals surface area contributed by atoms with Crippen LogP contribution in [0.15, 0.2) is 24.3 Å². The van der Waals surface area contributed by atoms with Gasteiger partial charge in [-0.15, -0.1) is 0 Å². The van der Waals surface area contributed by atoms with Gasteiger partial charge in [0.2, 0.25) is 0 Å². The van der Waals surface area contributed by atoms with Crippen molar-refractivity contribution < 1.29 is 14.7 Å². The maximum Gasteiger partial charge on any atom is 0.313 e. The lowest BCUT2D eigenvalue weighted by Crippen LogP contribution is -2.47. The Labute approximate surface area is 138 Å². The Morgan fingerprint density at radius 2 is 1.78 bits per heavy atom. The van der Waals surface area contributed by atoms with E-state index in [4.69, 9.17) is 0 Å². The Balaban J connectivity index is 2.67. The highest BCUT2D eigenvalue weighted by molar-refractivity contribution is 6.39. The van der Waals surface area contributed by atoms with Gasteiger partial charge in [0.25, 0.3) is 0 Å². The number of aliphatic hydroxyl groups is 1. The largest absolute Gasteiger partial charge is 0.388 e. The molecule has 0 fully saturated rings. The van der Waals surface area contributed by atoms with Crippen LogP contribution >= 0.6 is 0 Å². The quantitative estimate of drug-likeness (QED) is 0.705. The summed E-state index contributed by atoms with van der Waals surface area (Å²) in [6, 6.07) is 7.41. The van der Waals surface area contributed by atoms with E-state index in [1.807, 2.05) is 45.9 Å². The molecule has 0 heterocycles. The van der Waals surface area contributed by atoms with E-state index in [2.05, 4.69) is 10.6 Å². The van der Waals surface area contributed by atoms with Crippen molar-refractivity contribution in [2.24, 2.45) is 5.92 Å². The van der Waals surface area contributed by atoms with Gasteiger partial charge in [-0.25, -0.2) is 0 Å². The molecular weight excluding hydrogens is 292 g/mol. The third kappa shape index (κ3) is 5.36. The summed E-state index contributed by atoms with van der Waals surface area (Å²) in [5, 5.41) is 15.4. The number of nitrogens with one attached hydrogen (secondary N) is 2. The number of carbonyl (C=O) groups excluding carboxylic acids is 2. The Bertz CT molecular complexity index is 553. The van der Waals surface area contributed by atoms with Gasteiger partial charge < -0.3 is 15.7 Å². The summed E-state index contributed by atoms with van der Waals surface area (Å²) >= 11 is 0. The summed E-state index contributed by atoms with van der Waals surface area (Å²) in [4.78, 5) is 24.0. The molecule has 1 rings (SSSR count). The fourth-order valence-corrected chi connectivity index (χ4v) is 2.25. The number of benzene rings is 1. The van der Waals surface area contributed by atoms with Crippen molar-refractivity contribution in [3.8, 4) is 0 Å². The minimum atomic E-state index is -1.04. The number of rotatable bonds is 6. The molecule has 5 heteroatoms. The van der Waals surface area contributed by atoms with E-state index >= 15 is 0 Å². The van der Waals surface area contributed by atoms with Crippen molar-refractivity contribution in [1.29, 1.82) is 0 Å². The van der Waals surface area contributed by atoms with Crippen molar-refractivity contribution in [3.63, 3.8) is 0 Å². The lowest BCUT2D eigenvalue weighted by Gasteiger charge is -2.29. The van der Waals surface area contributed by atoms with Crippen LogP contribution in [0.1, 0.15) is 52.5 Å². The molecule has 2 amide bonds. The zero-order valence-corrected chi connectivity index (χ0v) is 14.6. The zero-order valence-electron chi connectivity index (χ0n) is 14.6. The topological polar surface area (TPSA) is 78.4 Å². The molecule has 3 N–H and O–H groups in total. The maximum atomic E-state index is 12.0. The number of hydrogen-bond donors (Lipinski definition) is 3. The lowest BCUT2D eigenvalue weighted by atomic mass is 9.88. The lowest BCUT2D eigenvalue weighted by molar-refractivity contribution is -0.137. The number of anilines is 1. The fraction of sp³-hybridized carbons (Fsp3) is 0.556. The van der Waals surface area contributed by atoms with Gasteiger partial charge in [0.05, 0.1) is 5.60 Å². The number of carbonyl (C=O) groups is 2. The van der Waals surface area contributed by atoms with Crippen molar-refractivity contribution >= 4 is 17.5 Å². The SMILES string of the molecule is CCC(C)C(C)(O)CNC(=O)C(=O)Nc1ccccc1C(C)C. The van der Waals surface area contributed by atoms with Gasteiger partial charge >= 0.3 is 11.8 Å². The van der Waals surface area contributed by atoms with Crippen LogP contribution in [0.4, 0.5) is 5.69 Å². The Kier molecular flexibility index (Phi) is 6.76. The second-order valence-electron chi connectivity index (χ2n) is 6.55. The maximum absolute atomic E-state index is 12.0. The molecule has 0 aliphatic carbocycles. The molecule has 0 aromatic heterocycles. The highest BCUT2D eigenvalue weighted by Gasteiger charge is 2.28. The van der Waals surface area contributed by atoms with E-state index in [1.165, 1.54) is 0 Å². The minimum absolute atomic E-state index is 0.0209. The highest BCUT2D eigenvalue weighted by Crippen LogP contribution is 2.23. The van der Waals surface area contributed by atoms with Gasteiger partial charge in [0.1, 0.15) is 0 Å². The number of amides is 2. The molecule has 1 aromatic rings. The summed E-state index contributed by atoms with van der Waals surface area (Å²) in [7, 11) is 0. The molecule has 0 saturated heterocycles. The highest BCUT2D eigenvalue weighted by atomic mass is 16.3. The Hall–Kier alpha value is -1.88. The van der Waals surface area contributed by atoms with E-state index in [1.54, 1.807) is 13.0 Å². The summed E-state index contributed by atoms with van der Waals surface area (Å²) < 4.78 is 0. The summed E-state index contributed by atoms with van der Waals surface area (Å²) in [5.41, 5.74) is 0.567. The van der Waals surface area contributed by atoms with Crippen LogP contribution in [-0.2, 0) is 9.59 Å². The van der Waals surface area contributed by atoms with Crippen molar-refractivity contribution in [1.82, 2.24) is 5.32 Å². The first-order valence-corrected chi connectivity index (χ1v) is 8.09. The van der Waals surface area contributed by atoms with Crippen LogP contribution in [0.3, 0.4) is 0 Å². The summed E-state index contributed by atoms with van der Waals surface area (Å²) in [5.74, 6) is -1.21. The monoisotopic (exact) mass is 320 g/mol. The zero-order chi connectivity index (χ0) is 17.6. The standard InChI is InChI=1S/C18H28N2O3/c1-6-13(4)18(5,23)11-19-16(21)17(22)20-15-10-8-7-9-14(15)12(2)3/h7-10,12-13,23H,6,11H2,1-5H3,(H,19,21)(H,20,22). The third-order valence-corrected chi connectivity index (χ3v) is 4.32. The van der Waals surface area contributed by atoms with E-state index in [-0.39, 0.29) is 18.4 Å². The molecule has 128 valence electrons. The van der Waals surface area contributed by atoms with Gasteiger partial charge in [0.15, 0.2) is 0 Å². The number of hydrogen-bond acceptors (Lipinski definition) is 3. The third-order valence-electron chi connectivity index (χ3n) is 4.32. The molecule has 0 radical (unpaired) electrons. The Morgan fingerprint density at radius 1 is 1.17 bits per heavy atom. The molecule has 5 nitrogen and oxygen atoms in total. The normalized spacial score (nSPS) is 14.9. The average Bonchev–Trinajstić information content (AvgIpc) is 2.51. The molecule has 2 atom stereocenters. The van der Waals surface area contributed by atoms with Crippen LogP contribution in [0.25, 0.3) is 0 Å². The Morgan fingerprint density at radius 3 is 2.35 bits per heavy atom.